The summed E-state index contributed by atoms with van der Waals surface area (Å²) in [5, 5.41) is 3.55. The minimum absolute atomic E-state index is 0.876. The Bertz CT molecular complexity index is 2190. The average molecular weight is 564 g/mol. The Labute approximate surface area is 257 Å². The van der Waals surface area contributed by atoms with Gasteiger partial charge in [-0.25, -0.2) is 0 Å². The van der Waals surface area contributed by atoms with Crippen LogP contribution in [0, 0.1) is 0 Å². The van der Waals surface area contributed by atoms with Gasteiger partial charge in [-0.2, -0.15) is 0 Å². The summed E-state index contributed by atoms with van der Waals surface area (Å²) in [5.74, 6) is 0.876. The summed E-state index contributed by atoms with van der Waals surface area (Å²) in [6, 6.07) is 62.2. The van der Waals surface area contributed by atoms with E-state index in [1.165, 1.54) is 21.9 Å². The molecule has 0 saturated heterocycles. The first-order valence-corrected chi connectivity index (χ1v) is 14.9. The highest BCUT2D eigenvalue weighted by atomic mass is 16.3. The van der Waals surface area contributed by atoms with Crippen molar-refractivity contribution in [2.75, 3.05) is 4.90 Å². The van der Waals surface area contributed by atoms with E-state index in [9.17, 15) is 0 Å². The molecule has 208 valence electrons. The number of hydrogen-bond donors (Lipinski definition) is 0. The van der Waals surface area contributed by atoms with Crippen molar-refractivity contribution < 1.29 is 4.42 Å². The molecule has 0 aliphatic rings. The molecule has 7 aromatic carbocycles. The smallest absolute Gasteiger partial charge is 0.136 e. The van der Waals surface area contributed by atoms with Crippen LogP contribution in [0.2, 0.25) is 0 Å². The number of furan rings is 1. The van der Waals surface area contributed by atoms with Crippen molar-refractivity contribution in [3.8, 4) is 33.6 Å². The van der Waals surface area contributed by atoms with E-state index in [-0.39, 0.29) is 0 Å². The van der Waals surface area contributed by atoms with E-state index < -0.39 is 0 Å². The van der Waals surface area contributed by atoms with Gasteiger partial charge in [0.1, 0.15) is 11.3 Å². The predicted molar refractivity (Wildman–Crippen MR) is 185 cm³/mol. The molecule has 2 heteroatoms. The minimum Gasteiger partial charge on any atom is -0.456 e. The van der Waals surface area contributed by atoms with Gasteiger partial charge < -0.3 is 9.32 Å². The monoisotopic (exact) mass is 563 g/mol. The number of anilines is 3. The highest BCUT2D eigenvalue weighted by Crippen LogP contribution is 2.40. The first-order chi connectivity index (χ1) is 21.8. The first-order valence-electron chi connectivity index (χ1n) is 14.9. The maximum atomic E-state index is 6.27. The number of hydrogen-bond acceptors (Lipinski definition) is 2. The molecule has 0 bridgehead atoms. The summed E-state index contributed by atoms with van der Waals surface area (Å²) in [6.07, 6.45) is 0. The van der Waals surface area contributed by atoms with Crippen LogP contribution in [0.25, 0.3) is 55.3 Å². The molecule has 2 nitrogen and oxygen atoms in total. The second-order valence-electron chi connectivity index (χ2n) is 11.0. The van der Waals surface area contributed by atoms with Crippen molar-refractivity contribution in [2.45, 2.75) is 0 Å². The molecule has 0 aliphatic heterocycles. The van der Waals surface area contributed by atoms with Crippen LogP contribution in [0.1, 0.15) is 0 Å². The molecule has 0 atom stereocenters. The molecule has 44 heavy (non-hydrogen) atoms. The number of para-hydroxylation sites is 1. The summed E-state index contributed by atoms with van der Waals surface area (Å²) in [6.45, 7) is 0. The second kappa shape index (κ2) is 11.1. The van der Waals surface area contributed by atoms with Gasteiger partial charge in [0.15, 0.2) is 0 Å². The van der Waals surface area contributed by atoms with Crippen molar-refractivity contribution in [1.29, 1.82) is 0 Å². The van der Waals surface area contributed by atoms with Crippen LogP contribution in [0.5, 0.6) is 0 Å². The fourth-order valence-electron chi connectivity index (χ4n) is 6.07. The fourth-order valence-corrected chi connectivity index (χ4v) is 6.07. The van der Waals surface area contributed by atoms with Crippen LogP contribution in [0.4, 0.5) is 17.1 Å². The van der Waals surface area contributed by atoms with Crippen molar-refractivity contribution >= 4 is 38.8 Å². The lowest BCUT2D eigenvalue weighted by atomic mass is 9.97. The minimum atomic E-state index is 0.876. The Balaban J connectivity index is 1.23. The van der Waals surface area contributed by atoms with E-state index in [4.69, 9.17) is 4.42 Å². The van der Waals surface area contributed by atoms with E-state index in [1.807, 2.05) is 18.2 Å². The second-order valence-corrected chi connectivity index (χ2v) is 11.0. The maximum Gasteiger partial charge on any atom is 0.136 e. The van der Waals surface area contributed by atoms with Crippen molar-refractivity contribution in [1.82, 2.24) is 0 Å². The lowest BCUT2D eigenvalue weighted by Crippen LogP contribution is -2.10. The van der Waals surface area contributed by atoms with Gasteiger partial charge in [-0.15, -0.1) is 0 Å². The Kier molecular flexibility index (Phi) is 6.51. The topological polar surface area (TPSA) is 16.4 Å². The molecule has 8 aromatic rings. The average Bonchev–Trinajstić information content (AvgIpc) is 3.54. The van der Waals surface area contributed by atoms with Gasteiger partial charge in [-0.05, 0) is 81.6 Å². The first kappa shape index (κ1) is 25.8. The van der Waals surface area contributed by atoms with Crippen LogP contribution in [0.15, 0.2) is 180 Å². The zero-order valence-corrected chi connectivity index (χ0v) is 24.1. The third-order valence-electron chi connectivity index (χ3n) is 8.26. The van der Waals surface area contributed by atoms with E-state index in [0.717, 1.165) is 50.5 Å². The Hall–Kier alpha value is -5.86. The van der Waals surface area contributed by atoms with Crippen LogP contribution in [-0.2, 0) is 0 Å². The number of rotatable bonds is 6. The van der Waals surface area contributed by atoms with Gasteiger partial charge in [-0.1, -0.05) is 127 Å². The summed E-state index contributed by atoms with van der Waals surface area (Å²) in [4.78, 5) is 2.34. The predicted octanol–water partition coefficient (Wildman–Crippen LogP) is 12.1. The summed E-state index contributed by atoms with van der Waals surface area (Å²) in [7, 11) is 0. The lowest BCUT2D eigenvalue weighted by Gasteiger charge is -2.26. The van der Waals surface area contributed by atoms with Crippen LogP contribution in [-0.4, -0.2) is 0 Å². The molecule has 1 aromatic heterocycles. The molecule has 0 radical (unpaired) electrons. The van der Waals surface area contributed by atoms with Crippen molar-refractivity contribution in [3.05, 3.63) is 176 Å². The van der Waals surface area contributed by atoms with E-state index >= 15 is 0 Å². The molecule has 0 amide bonds. The highest BCUT2D eigenvalue weighted by Gasteiger charge is 2.16. The maximum absolute atomic E-state index is 6.27. The molecule has 0 saturated carbocycles. The zero-order valence-electron chi connectivity index (χ0n) is 24.1. The van der Waals surface area contributed by atoms with E-state index in [0.29, 0.717) is 0 Å². The van der Waals surface area contributed by atoms with Crippen molar-refractivity contribution in [2.24, 2.45) is 0 Å². The summed E-state index contributed by atoms with van der Waals surface area (Å²) < 4.78 is 6.27. The number of fused-ring (bicyclic) bond motifs is 2. The van der Waals surface area contributed by atoms with Gasteiger partial charge in [-0.3, -0.25) is 0 Å². The molecule has 0 fully saturated rings. The van der Waals surface area contributed by atoms with Crippen LogP contribution in [0.3, 0.4) is 0 Å². The zero-order chi connectivity index (χ0) is 29.3. The molecule has 8 rings (SSSR count). The molecule has 0 N–H and O–H groups in total. The van der Waals surface area contributed by atoms with Gasteiger partial charge in [0.05, 0.1) is 0 Å². The molecule has 0 aliphatic carbocycles. The normalized spacial score (nSPS) is 11.2. The van der Waals surface area contributed by atoms with Gasteiger partial charge in [0.25, 0.3) is 0 Å². The number of nitrogens with zero attached hydrogens (tertiary/aromatic N) is 1. The third-order valence-corrected chi connectivity index (χ3v) is 8.26. The quantitative estimate of drug-likeness (QED) is 0.200. The molecular formula is C42H29NO. The van der Waals surface area contributed by atoms with Crippen LogP contribution < -0.4 is 4.90 Å². The van der Waals surface area contributed by atoms with Gasteiger partial charge >= 0.3 is 0 Å². The Morgan fingerprint density at radius 3 is 1.80 bits per heavy atom. The van der Waals surface area contributed by atoms with Crippen molar-refractivity contribution in [3.63, 3.8) is 0 Å². The summed E-state index contributed by atoms with van der Waals surface area (Å²) in [5.41, 5.74) is 9.96. The molecule has 1 heterocycles. The SMILES string of the molecule is c1ccc(-c2cccc(N(c3ccc(-c4ccccc4-c4cc5ccccc5o4)cc3)c3ccc4ccccc4c3)c2)cc1. The van der Waals surface area contributed by atoms with Crippen LogP contribution >= 0.6 is 0 Å². The Morgan fingerprint density at radius 2 is 0.977 bits per heavy atom. The molecular weight excluding hydrogens is 534 g/mol. The summed E-state index contributed by atoms with van der Waals surface area (Å²) >= 11 is 0. The number of benzene rings is 7. The van der Waals surface area contributed by atoms with Gasteiger partial charge in [0.2, 0.25) is 0 Å². The third kappa shape index (κ3) is 4.83. The van der Waals surface area contributed by atoms with E-state index in [1.54, 1.807) is 0 Å². The molecule has 0 unspecified atom stereocenters. The fraction of sp³-hybridized carbons (Fsp3) is 0. The standard InChI is InChI=1S/C42H29NO/c1-2-11-30(12-3-1)34-16-10-17-37(27-34)43(38-26-21-31-13-4-5-14-33(31)28-38)36-24-22-32(23-25-36)39-18-7-8-19-40(39)42-29-35-15-6-9-20-41(35)44-42/h1-29H. The Morgan fingerprint density at radius 1 is 0.341 bits per heavy atom. The molecule has 0 spiro atoms. The highest BCUT2D eigenvalue weighted by molar-refractivity contribution is 5.91. The van der Waals surface area contributed by atoms with E-state index in [2.05, 4.69) is 163 Å². The lowest BCUT2D eigenvalue weighted by molar-refractivity contribution is 0.632. The largest absolute Gasteiger partial charge is 0.456 e. The van der Waals surface area contributed by atoms with Gasteiger partial charge in [0, 0.05) is 28.0 Å².